The fourth-order valence-corrected chi connectivity index (χ4v) is 1.25. The first-order valence-corrected chi connectivity index (χ1v) is 4.48. The van der Waals surface area contributed by atoms with Crippen LogP contribution in [-0.2, 0) is 0 Å². The third kappa shape index (κ3) is 2.26. The minimum atomic E-state index is 1.06. The number of hydrogen-bond donors (Lipinski definition) is 0. The largest absolute Gasteiger partial charge is 0.378 e. The quantitative estimate of drug-likeness (QED) is 0.605. The van der Waals surface area contributed by atoms with E-state index in [1.807, 2.05) is 0 Å². The second kappa shape index (κ2) is 4.15. The van der Waals surface area contributed by atoms with Gasteiger partial charge in [-0.3, -0.25) is 0 Å². The summed E-state index contributed by atoms with van der Waals surface area (Å²) in [6.07, 6.45) is 11.1. The molecule has 0 N–H and O–H groups in total. The Hall–Kier alpha value is -0.980. The van der Waals surface area contributed by atoms with E-state index in [4.69, 9.17) is 0 Å². The Morgan fingerprint density at radius 2 is 2.00 bits per heavy atom. The van der Waals surface area contributed by atoms with Gasteiger partial charge in [-0.1, -0.05) is 30.7 Å². The lowest BCUT2D eigenvalue weighted by atomic mass is 10.2. The first kappa shape index (κ1) is 9.11. The van der Waals surface area contributed by atoms with Crippen LogP contribution in [0.15, 0.2) is 35.6 Å². The van der Waals surface area contributed by atoms with Crippen molar-refractivity contribution < 1.29 is 0 Å². The Balaban J connectivity index is 2.71. The molecule has 0 bridgehead atoms. The van der Waals surface area contributed by atoms with E-state index in [1.54, 1.807) is 0 Å². The van der Waals surface area contributed by atoms with Crippen molar-refractivity contribution in [3.8, 4) is 0 Å². The van der Waals surface area contributed by atoms with E-state index < -0.39 is 0 Å². The molecule has 0 atom stereocenters. The average molecular weight is 163 g/mol. The van der Waals surface area contributed by atoms with Gasteiger partial charge in [0.05, 0.1) is 0 Å². The lowest BCUT2D eigenvalue weighted by Gasteiger charge is -2.12. The molecular formula is C11H17N. The molecule has 0 spiro atoms. The van der Waals surface area contributed by atoms with Crippen LogP contribution in [0.3, 0.4) is 0 Å². The second-order valence-corrected chi connectivity index (χ2v) is 3.23. The highest BCUT2D eigenvalue weighted by atomic mass is 15.1. The molecule has 0 saturated heterocycles. The number of nitrogens with zero attached hydrogens (tertiary/aromatic N) is 1. The van der Waals surface area contributed by atoms with Crippen molar-refractivity contribution >= 4 is 0 Å². The predicted octanol–water partition coefficient (Wildman–Crippen LogP) is 2.73. The highest BCUT2D eigenvalue weighted by Crippen LogP contribution is 2.13. The topological polar surface area (TPSA) is 3.24 Å². The molecule has 66 valence electrons. The molecule has 0 radical (unpaired) electrons. The van der Waals surface area contributed by atoms with Crippen LogP contribution >= 0.6 is 0 Å². The van der Waals surface area contributed by atoms with Gasteiger partial charge in [0, 0.05) is 19.8 Å². The van der Waals surface area contributed by atoms with Crippen LogP contribution in [0.1, 0.15) is 19.8 Å². The van der Waals surface area contributed by atoms with E-state index in [1.165, 1.54) is 11.3 Å². The Morgan fingerprint density at radius 3 is 2.58 bits per heavy atom. The molecule has 0 aromatic rings. The van der Waals surface area contributed by atoms with E-state index in [0.29, 0.717) is 0 Å². The Morgan fingerprint density at radius 1 is 1.25 bits per heavy atom. The van der Waals surface area contributed by atoms with E-state index in [-0.39, 0.29) is 0 Å². The summed E-state index contributed by atoms with van der Waals surface area (Å²) in [4.78, 5) is 2.14. The van der Waals surface area contributed by atoms with Gasteiger partial charge in [0.1, 0.15) is 0 Å². The molecule has 0 fully saturated rings. The Bertz CT molecular complexity index is 231. The van der Waals surface area contributed by atoms with Gasteiger partial charge in [0.15, 0.2) is 0 Å². The predicted molar refractivity (Wildman–Crippen MR) is 53.9 cm³/mol. The first-order chi connectivity index (χ1) is 5.74. The van der Waals surface area contributed by atoms with E-state index in [2.05, 4.69) is 50.2 Å². The summed E-state index contributed by atoms with van der Waals surface area (Å²) in [6.45, 7) is 2.19. The van der Waals surface area contributed by atoms with Crippen molar-refractivity contribution in [3.05, 3.63) is 35.6 Å². The van der Waals surface area contributed by atoms with Gasteiger partial charge in [0.25, 0.3) is 0 Å². The van der Waals surface area contributed by atoms with Gasteiger partial charge in [0.2, 0.25) is 0 Å². The minimum absolute atomic E-state index is 1.06. The molecule has 1 aliphatic carbocycles. The van der Waals surface area contributed by atoms with Gasteiger partial charge in [-0.25, -0.2) is 0 Å². The summed E-state index contributed by atoms with van der Waals surface area (Å²) in [5.41, 5.74) is 2.73. The molecule has 0 aromatic carbocycles. The molecule has 0 unspecified atom stereocenters. The molecule has 1 rings (SSSR count). The maximum atomic E-state index is 2.28. The summed E-state index contributed by atoms with van der Waals surface area (Å²) in [5.74, 6) is 0. The summed E-state index contributed by atoms with van der Waals surface area (Å²) in [5, 5.41) is 0. The minimum Gasteiger partial charge on any atom is -0.378 e. The molecule has 0 heterocycles. The van der Waals surface area contributed by atoms with Crippen molar-refractivity contribution in [2.24, 2.45) is 0 Å². The number of allylic oxidation sites excluding steroid dienone is 5. The van der Waals surface area contributed by atoms with Gasteiger partial charge in [-0.15, -0.1) is 0 Å². The maximum Gasteiger partial charge on any atom is 0.0323 e. The van der Waals surface area contributed by atoms with Crippen LogP contribution in [0.2, 0.25) is 0 Å². The van der Waals surface area contributed by atoms with Crippen molar-refractivity contribution in [2.45, 2.75) is 19.8 Å². The normalized spacial score (nSPS) is 16.6. The molecule has 1 aliphatic rings. The zero-order valence-corrected chi connectivity index (χ0v) is 8.17. The van der Waals surface area contributed by atoms with E-state index in [9.17, 15) is 0 Å². The Kier molecular flexibility index (Phi) is 3.15. The number of likely N-dealkylation sites (N-methyl/N-ethyl adjacent to an activating group) is 1. The monoisotopic (exact) mass is 163 g/mol. The van der Waals surface area contributed by atoms with Crippen LogP contribution in [0, 0.1) is 0 Å². The highest BCUT2D eigenvalue weighted by molar-refractivity contribution is 5.31. The summed E-state index contributed by atoms with van der Waals surface area (Å²) in [6, 6.07) is 0. The van der Waals surface area contributed by atoms with Crippen molar-refractivity contribution in [1.82, 2.24) is 4.90 Å². The molecule has 0 aliphatic heterocycles. The standard InChI is InChI=1S/C11H17N/c1-4-10-6-5-7-11(9-8-10)12(2)3/h6-9H,4-5H2,1-3H3. The number of rotatable bonds is 2. The molecule has 1 nitrogen and oxygen atoms in total. The maximum absolute atomic E-state index is 2.28. The average Bonchev–Trinajstić information content (AvgIpc) is 2.28. The smallest absolute Gasteiger partial charge is 0.0323 e. The van der Waals surface area contributed by atoms with Gasteiger partial charge >= 0.3 is 0 Å². The van der Waals surface area contributed by atoms with E-state index >= 15 is 0 Å². The summed E-state index contributed by atoms with van der Waals surface area (Å²) in [7, 11) is 4.15. The van der Waals surface area contributed by atoms with Crippen LogP contribution in [0.25, 0.3) is 0 Å². The van der Waals surface area contributed by atoms with E-state index in [0.717, 1.165) is 12.8 Å². The van der Waals surface area contributed by atoms with Crippen molar-refractivity contribution in [1.29, 1.82) is 0 Å². The molecule has 0 amide bonds. The van der Waals surface area contributed by atoms with Crippen LogP contribution in [-0.4, -0.2) is 19.0 Å². The van der Waals surface area contributed by atoms with Gasteiger partial charge in [-0.05, 0) is 18.9 Å². The molecule has 0 aromatic heterocycles. The number of hydrogen-bond acceptors (Lipinski definition) is 1. The Labute approximate surface area is 75.1 Å². The van der Waals surface area contributed by atoms with Crippen molar-refractivity contribution in [3.63, 3.8) is 0 Å². The van der Waals surface area contributed by atoms with Crippen LogP contribution < -0.4 is 0 Å². The zero-order valence-electron chi connectivity index (χ0n) is 8.17. The van der Waals surface area contributed by atoms with Crippen LogP contribution in [0.5, 0.6) is 0 Å². The van der Waals surface area contributed by atoms with Gasteiger partial charge < -0.3 is 4.90 Å². The van der Waals surface area contributed by atoms with Gasteiger partial charge in [-0.2, -0.15) is 0 Å². The summed E-state index contributed by atoms with van der Waals surface area (Å²) >= 11 is 0. The highest BCUT2D eigenvalue weighted by Gasteiger charge is 1.97. The third-order valence-electron chi connectivity index (χ3n) is 2.10. The third-order valence-corrected chi connectivity index (χ3v) is 2.10. The molecule has 0 saturated carbocycles. The fraction of sp³-hybridized carbons (Fsp3) is 0.455. The summed E-state index contributed by atoms with van der Waals surface area (Å²) < 4.78 is 0. The first-order valence-electron chi connectivity index (χ1n) is 4.48. The second-order valence-electron chi connectivity index (χ2n) is 3.23. The molecule has 1 heteroatoms. The zero-order chi connectivity index (χ0) is 8.97. The molecular weight excluding hydrogens is 146 g/mol. The fourth-order valence-electron chi connectivity index (χ4n) is 1.25. The van der Waals surface area contributed by atoms with Crippen molar-refractivity contribution in [2.75, 3.05) is 14.1 Å². The molecule has 12 heavy (non-hydrogen) atoms. The van der Waals surface area contributed by atoms with Crippen LogP contribution in [0.4, 0.5) is 0 Å². The lowest BCUT2D eigenvalue weighted by Crippen LogP contribution is -2.08. The SMILES string of the molecule is CCC1=CCC=C(N(C)C)C=C1. The lowest BCUT2D eigenvalue weighted by molar-refractivity contribution is 0.528.